The number of hydrogen-bond acceptors (Lipinski definition) is 4. The number of amides is 1. The van der Waals surface area contributed by atoms with Gasteiger partial charge >= 0.3 is 0 Å². The maximum absolute atomic E-state index is 14.3. The standard InChI is InChI=1S/C15H20FN3O2/c1-14(2)8-15(3,19-12(17)7-21-14)10-6-9(13(18)20)4-5-11(10)16/h4-6H,7-8H2,1-3H3,(H2,17,19)(H2,18,20)/t15-/m1/s1. The van der Waals surface area contributed by atoms with Crippen LogP contribution in [0.3, 0.4) is 0 Å². The highest BCUT2D eigenvalue weighted by molar-refractivity contribution is 5.93. The summed E-state index contributed by atoms with van der Waals surface area (Å²) in [4.78, 5) is 15.7. The molecule has 5 nitrogen and oxygen atoms in total. The summed E-state index contributed by atoms with van der Waals surface area (Å²) in [6.45, 7) is 5.77. The molecule has 0 radical (unpaired) electrons. The Morgan fingerprint density at radius 3 is 2.67 bits per heavy atom. The number of carbonyl (C=O) groups is 1. The number of nitrogens with zero attached hydrogens (tertiary/aromatic N) is 1. The minimum absolute atomic E-state index is 0.194. The summed E-state index contributed by atoms with van der Waals surface area (Å²) in [5.41, 5.74) is 10.2. The van der Waals surface area contributed by atoms with Crippen molar-refractivity contribution in [3.63, 3.8) is 0 Å². The topological polar surface area (TPSA) is 90.7 Å². The third-order valence-electron chi connectivity index (χ3n) is 3.60. The van der Waals surface area contributed by atoms with Crippen molar-refractivity contribution >= 4 is 11.7 Å². The molecule has 1 aromatic carbocycles. The third kappa shape index (κ3) is 3.21. The molecule has 0 aliphatic carbocycles. The average Bonchev–Trinajstić information content (AvgIpc) is 2.45. The summed E-state index contributed by atoms with van der Waals surface area (Å²) in [6, 6.07) is 4.02. The lowest BCUT2D eigenvalue weighted by molar-refractivity contribution is -0.0105. The van der Waals surface area contributed by atoms with Crippen LogP contribution in [-0.2, 0) is 10.3 Å². The predicted octanol–water partition coefficient (Wildman–Crippen LogP) is 1.70. The second-order valence-corrected chi connectivity index (χ2v) is 6.16. The number of nitrogens with two attached hydrogens (primary N) is 2. The fraction of sp³-hybridized carbons (Fsp3) is 0.467. The maximum atomic E-state index is 14.3. The summed E-state index contributed by atoms with van der Waals surface area (Å²) >= 11 is 0. The van der Waals surface area contributed by atoms with Gasteiger partial charge in [-0.15, -0.1) is 0 Å². The molecule has 6 heteroatoms. The molecule has 0 unspecified atom stereocenters. The average molecular weight is 293 g/mol. The van der Waals surface area contributed by atoms with Gasteiger partial charge in [0.15, 0.2) is 0 Å². The van der Waals surface area contributed by atoms with Crippen LogP contribution in [0, 0.1) is 5.82 Å². The van der Waals surface area contributed by atoms with Gasteiger partial charge in [0.25, 0.3) is 0 Å². The smallest absolute Gasteiger partial charge is 0.248 e. The number of aliphatic imine (C=N–C) groups is 1. The lowest BCUT2D eigenvalue weighted by atomic mass is 9.81. The molecule has 1 amide bonds. The van der Waals surface area contributed by atoms with Gasteiger partial charge < -0.3 is 16.2 Å². The minimum Gasteiger partial charge on any atom is -0.386 e. The summed E-state index contributed by atoms with van der Waals surface area (Å²) in [7, 11) is 0. The quantitative estimate of drug-likeness (QED) is 0.869. The van der Waals surface area contributed by atoms with Crippen LogP contribution in [-0.4, -0.2) is 24.0 Å². The Bertz CT molecular complexity index is 613. The first-order valence-corrected chi connectivity index (χ1v) is 6.71. The highest BCUT2D eigenvalue weighted by Gasteiger charge is 2.39. The van der Waals surface area contributed by atoms with Gasteiger partial charge in [-0.2, -0.15) is 0 Å². The summed E-state index contributed by atoms with van der Waals surface area (Å²) in [5.74, 6) is -0.760. The predicted molar refractivity (Wildman–Crippen MR) is 78.5 cm³/mol. The molecule has 1 aliphatic heterocycles. The monoisotopic (exact) mass is 293 g/mol. The van der Waals surface area contributed by atoms with E-state index in [1.165, 1.54) is 18.2 Å². The third-order valence-corrected chi connectivity index (χ3v) is 3.60. The van der Waals surface area contributed by atoms with Gasteiger partial charge in [0.05, 0.1) is 11.1 Å². The van der Waals surface area contributed by atoms with Gasteiger partial charge in [0.2, 0.25) is 5.91 Å². The first-order chi connectivity index (χ1) is 9.63. The Kier molecular flexibility index (Phi) is 3.76. The van der Waals surface area contributed by atoms with E-state index in [-0.39, 0.29) is 12.2 Å². The Morgan fingerprint density at radius 1 is 1.38 bits per heavy atom. The number of amidine groups is 1. The number of benzene rings is 1. The van der Waals surface area contributed by atoms with E-state index in [1.54, 1.807) is 6.92 Å². The van der Waals surface area contributed by atoms with Gasteiger partial charge in [-0.3, -0.25) is 9.79 Å². The molecule has 1 aromatic rings. The highest BCUT2D eigenvalue weighted by atomic mass is 19.1. The van der Waals surface area contributed by atoms with E-state index < -0.39 is 22.9 Å². The fourth-order valence-corrected chi connectivity index (χ4v) is 2.78. The molecule has 1 heterocycles. The molecular formula is C15H20FN3O2. The van der Waals surface area contributed by atoms with Crippen LogP contribution < -0.4 is 11.5 Å². The maximum Gasteiger partial charge on any atom is 0.248 e. The molecule has 0 aromatic heterocycles. The van der Waals surface area contributed by atoms with E-state index in [4.69, 9.17) is 16.2 Å². The molecule has 0 fully saturated rings. The van der Waals surface area contributed by atoms with Crippen LogP contribution in [0.15, 0.2) is 23.2 Å². The van der Waals surface area contributed by atoms with Crippen LogP contribution in [0.5, 0.6) is 0 Å². The molecule has 21 heavy (non-hydrogen) atoms. The molecule has 4 N–H and O–H groups in total. The summed E-state index contributed by atoms with van der Waals surface area (Å²) in [5, 5.41) is 0. The second kappa shape index (κ2) is 5.11. The number of rotatable bonds is 2. The molecule has 2 rings (SSSR count). The van der Waals surface area contributed by atoms with E-state index in [9.17, 15) is 9.18 Å². The number of hydrogen-bond donors (Lipinski definition) is 2. The van der Waals surface area contributed by atoms with E-state index in [2.05, 4.69) is 4.99 Å². The van der Waals surface area contributed by atoms with Crippen molar-refractivity contribution in [2.24, 2.45) is 16.5 Å². The number of carbonyl (C=O) groups excluding carboxylic acids is 1. The Labute approximate surface area is 123 Å². The van der Waals surface area contributed by atoms with Crippen LogP contribution in [0.1, 0.15) is 43.1 Å². The lowest BCUT2D eigenvalue weighted by Gasteiger charge is -2.33. The SMILES string of the molecule is CC1(C)C[C@](C)(c2cc(C(N)=O)ccc2F)N=C(N)CO1. The zero-order valence-electron chi connectivity index (χ0n) is 12.4. The summed E-state index contributed by atoms with van der Waals surface area (Å²) in [6.07, 6.45) is 0.430. The number of ether oxygens (including phenoxy) is 1. The fourth-order valence-electron chi connectivity index (χ4n) is 2.78. The van der Waals surface area contributed by atoms with Crippen LogP contribution in [0.2, 0.25) is 0 Å². The van der Waals surface area contributed by atoms with Crippen molar-refractivity contribution in [3.05, 3.63) is 35.1 Å². The molecule has 0 spiro atoms. The van der Waals surface area contributed by atoms with Crippen molar-refractivity contribution in [1.29, 1.82) is 0 Å². The van der Waals surface area contributed by atoms with E-state index in [1.807, 2.05) is 13.8 Å². The lowest BCUT2D eigenvalue weighted by Crippen LogP contribution is -2.33. The molecule has 0 bridgehead atoms. The minimum atomic E-state index is -0.917. The van der Waals surface area contributed by atoms with Crippen molar-refractivity contribution in [2.75, 3.05) is 6.61 Å². The largest absolute Gasteiger partial charge is 0.386 e. The van der Waals surface area contributed by atoms with Crippen LogP contribution >= 0.6 is 0 Å². The molecule has 1 aliphatic rings. The van der Waals surface area contributed by atoms with Gasteiger partial charge in [0.1, 0.15) is 18.3 Å². The van der Waals surface area contributed by atoms with Gasteiger partial charge in [0, 0.05) is 17.5 Å². The Morgan fingerprint density at radius 2 is 2.05 bits per heavy atom. The van der Waals surface area contributed by atoms with Crippen LogP contribution in [0.25, 0.3) is 0 Å². The van der Waals surface area contributed by atoms with Crippen molar-refractivity contribution < 1.29 is 13.9 Å². The molecule has 0 saturated carbocycles. The zero-order valence-corrected chi connectivity index (χ0v) is 12.4. The Balaban J connectivity index is 2.58. The van der Waals surface area contributed by atoms with Gasteiger partial charge in [-0.1, -0.05) is 0 Å². The van der Waals surface area contributed by atoms with Crippen molar-refractivity contribution in [1.82, 2.24) is 0 Å². The zero-order chi connectivity index (χ0) is 15.8. The molecular weight excluding hydrogens is 273 g/mol. The first-order valence-electron chi connectivity index (χ1n) is 6.71. The van der Waals surface area contributed by atoms with Crippen molar-refractivity contribution in [3.8, 4) is 0 Å². The highest BCUT2D eigenvalue weighted by Crippen LogP contribution is 2.38. The van der Waals surface area contributed by atoms with Gasteiger partial charge in [-0.05, 0) is 39.0 Å². The number of halogens is 1. The first kappa shape index (κ1) is 15.4. The second-order valence-electron chi connectivity index (χ2n) is 6.16. The number of primary amides is 1. The van der Waals surface area contributed by atoms with Gasteiger partial charge in [-0.25, -0.2) is 4.39 Å². The van der Waals surface area contributed by atoms with E-state index in [0.29, 0.717) is 17.8 Å². The summed E-state index contributed by atoms with van der Waals surface area (Å²) < 4.78 is 19.9. The van der Waals surface area contributed by atoms with E-state index >= 15 is 0 Å². The van der Waals surface area contributed by atoms with Crippen LogP contribution in [0.4, 0.5) is 4.39 Å². The molecule has 0 saturated heterocycles. The normalized spacial score (nSPS) is 25.0. The Hall–Kier alpha value is -1.95. The molecule has 1 atom stereocenters. The molecule has 114 valence electrons. The van der Waals surface area contributed by atoms with Crippen molar-refractivity contribution in [2.45, 2.75) is 38.3 Å². The van der Waals surface area contributed by atoms with E-state index in [0.717, 1.165) is 0 Å².